The fourth-order valence-electron chi connectivity index (χ4n) is 1.46. The van der Waals surface area contributed by atoms with Crippen LogP contribution in [0.3, 0.4) is 0 Å². The van der Waals surface area contributed by atoms with Crippen molar-refractivity contribution in [3.63, 3.8) is 0 Å². The van der Waals surface area contributed by atoms with Crippen LogP contribution in [0.5, 0.6) is 0 Å². The maximum atomic E-state index is 11.1. The van der Waals surface area contributed by atoms with Crippen LogP contribution in [-0.4, -0.2) is 9.91 Å². The van der Waals surface area contributed by atoms with E-state index in [0.29, 0.717) is 16.3 Å². The molecule has 0 aliphatic carbocycles. The van der Waals surface area contributed by atoms with Crippen LogP contribution in [0, 0.1) is 10.1 Å². The molecule has 2 aromatic rings. The highest BCUT2D eigenvalue weighted by atomic mass is 35.5. The van der Waals surface area contributed by atoms with E-state index < -0.39 is 4.92 Å². The number of benzene rings is 1. The second kappa shape index (κ2) is 5.97. The molecule has 0 bridgehead atoms. The van der Waals surface area contributed by atoms with Crippen LogP contribution in [0.4, 0.5) is 5.69 Å². The molecule has 1 heterocycles. The molecule has 0 spiro atoms. The Balaban J connectivity index is 2.25. The number of hydrogen-bond donors (Lipinski definition) is 1. The van der Waals surface area contributed by atoms with Gasteiger partial charge >= 0.3 is 0 Å². The van der Waals surface area contributed by atoms with Crippen molar-refractivity contribution in [2.75, 3.05) is 5.32 Å². The van der Waals surface area contributed by atoms with E-state index in [1.807, 2.05) is 0 Å². The molecule has 96 valence electrons. The molecule has 0 saturated heterocycles. The van der Waals surface area contributed by atoms with Gasteiger partial charge in [-0.2, -0.15) is 0 Å². The molecule has 0 amide bonds. The second-order valence-electron chi connectivity index (χ2n) is 3.68. The predicted molar refractivity (Wildman–Crippen MR) is 74.3 cm³/mol. The Labute approximate surface area is 114 Å². The largest absolute Gasteiger partial charge is 0.355 e. The van der Waals surface area contributed by atoms with Crippen LogP contribution in [0.2, 0.25) is 5.02 Å². The third-order valence-electron chi connectivity index (χ3n) is 2.37. The van der Waals surface area contributed by atoms with Crippen LogP contribution in [0.25, 0.3) is 5.70 Å². The van der Waals surface area contributed by atoms with Gasteiger partial charge in [0.1, 0.15) is 0 Å². The monoisotopic (exact) mass is 275 g/mol. The van der Waals surface area contributed by atoms with E-state index in [1.54, 1.807) is 48.8 Å². The van der Waals surface area contributed by atoms with Crippen molar-refractivity contribution in [1.29, 1.82) is 0 Å². The maximum Gasteiger partial charge on any atom is 0.292 e. The molecular weight excluding hydrogens is 266 g/mol. The minimum Gasteiger partial charge on any atom is -0.355 e. The van der Waals surface area contributed by atoms with E-state index in [-0.39, 0.29) is 5.70 Å². The molecule has 5 nitrogen and oxygen atoms in total. The number of nitrogens with one attached hydrogen (secondary N) is 1. The van der Waals surface area contributed by atoms with E-state index in [0.717, 1.165) is 0 Å². The van der Waals surface area contributed by atoms with E-state index in [2.05, 4.69) is 10.3 Å². The first-order valence-corrected chi connectivity index (χ1v) is 5.81. The highest BCUT2D eigenvalue weighted by Gasteiger charge is 2.13. The summed E-state index contributed by atoms with van der Waals surface area (Å²) in [5.41, 5.74) is 1.11. The van der Waals surface area contributed by atoms with Crippen molar-refractivity contribution in [2.45, 2.75) is 0 Å². The van der Waals surface area contributed by atoms with Crippen molar-refractivity contribution in [3.8, 4) is 0 Å². The quantitative estimate of drug-likeness (QED) is 0.686. The summed E-state index contributed by atoms with van der Waals surface area (Å²) < 4.78 is 0. The van der Waals surface area contributed by atoms with Crippen LogP contribution in [0.15, 0.2) is 55.0 Å². The van der Waals surface area contributed by atoms with Gasteiger partial charge in [0.05, 0.1) is 28.6 Å². The normalized spacial score (nSPS) is 11.1. The zero-order valence-corrected chi connectivity index (χ0v) is 10.5. The summed E-state index contributed by atoms with van der Waals surface area (Å²) in [5.74, 6) is 0. The first-order valence-electron chi connectivity index (χ1n) is 5.44. The maximum absolute atomic E-state index is 11.1. The molecule has 19 heavy (non-hydrogen) atoms. The number of halogens is 1. The van der Waals surface area contributed by atoms with E-state index in [9.17, 15) is 10.1 Å². The van der Waals surface area contributed by atoms with Gasteiger partial charge in [0.15, 0.2) is 0 Å². The van der Waals surface area contributed by atoms with Gasteiger partial charge in [0.25, 0.3) is 5.70 Å². The van der Waals surface area contributed by atoms with Crippen molar-refractivity contribution in [1.82, 2.24) is 4.98 Å². The molecule has 0 aliphatic heterocycles. The van der Waals surface area contributed by atoms with Crippen LogP contribution < -0.4 is 5.32 Å². The van der Waals surface area contributed by atoms with Crippen LogP contribution in [0.1, 0.15) is 5.56 Å². The summed E-state index contributed by atoms with van der Waals surface area (Å²) >= 11 is 5.76. The second-order valence-corrected chi connectivity index (χ2v) is 4.12. The summed E-state index contributed by atoms with van der Waals surface area (Å²) in [5, 5.41) is 14.4. The fourth-order valence-corrected chi connectivity index (χ4v) is 1.59. The van der Waals surface area contributed by atoms with E-state index in [4.69, 9.17) is 11.6 Å². The molecule has 0 radical (unpaired) electrons. The fraction of sp³-hybridized carbons (Fsp3) is 0. The number of rotatable bonds is 4. The molecular formula is C13H10ClN3O2. The zero-order chi connectivity index (χ0) is 13.7. The molecule has 0 unspecified atom stereocenters. The highest BCUT2D eigenvalue weighted by molar-refractivity contribution is 6.30. The first kappa shape index (κ1) is 13.0. The number of hydrogen-bond acceptors (Lipinski definition) is 4. The SMILES string of the molecule is O=[N+]([O-])/C(=C\Nc1cccnc1)c1ccc(Cl)cc1. The van der Waals surface area contributed by atoms with Gasteiger partial charge in [-0.1, -0.05) is 11.6 Å². The van der Waals surface area contributed by atoms with Gasteiger partial charge < -0.3 is 5.32 Å². The zero-order valence-electron chi connectivity index (χ0n) is 9.79. The molecule has 1 N–H and O–H groups in total. The Kier molecular flexibility index (Phi) is 4.10. The van der Waals surface area contributed by atoms with Gasteiger partial charge in [0.2, 0.25) is 0 Å². The predicted octanol–water partition coefficient (Wildman–Crippen LogP) is 3.42. The Morgan fingerprint density at radius 3 is 2.63 bits per heavy atom. The standard InChI is InChI=1S/C13H10ClN3O2/c14-11-5-3-10(4-6-11)13(17(18)19)9-16-12-2-1-7-15-8-12/h1-9,16H/b13-9-. The van der Waals surface area contributed by atoms with Gasteiger partial charge in [-0.3, -0.25) is 15.1 Å². The van der Waals surface area contributed by atoms with Crippen LogP contribution >= 0.6 is 11.6 Å². The third kappa shape index (κ3) is 3.53. The Hall–Kier alpha value is -2.40. The van der Waals surface area contributed by atoms with Crippen molar-refractivity contribution in [2.24, 2.45) is 0 Å². The lowest BCUT2D eigenvalue weighted by molar-refractivity contribution is -0.375. The minimum atomic E-state index is -0.452. The lowest BCUT2D eigenvalue weighted by atomic mass is 10.2. The summed E-state index contributed by atoms with van der Waals surface area (Å²) in [6, 6.07) is 9.92. The topological polar surface area (TPSA) is 68.1 Å². The van der Waals surface area contributed by atoms with Gasteiger partial charge in [-0.15, -0.1) is 0 Å². The molecule has 0 saturated carbocycles. The minimum absolute atomic E-state index is 0.0412. The number of nitrogens with zero attached hydrogens (tertiary/aromatic N) is 2. The molecule has 0 aliphatic rings. The van der Waals surface area contributed by atoms with E-state index >= 15 is 0 Å². The van der Waals surface area contributed by atoms with Gasteiger partial charge in [0, 0.05) is 11.2 Å². The highest BCUT2D eigenvalue weighted by Crippen LogP contribution is 2.18. The molecule has 0 atom stereocenters. The number of pyridine rings is 1. The first-order chi connectivity index (χ1) is 9.16. The Morgan fingerprint density at radius 1 is 1.32 bits per heavy atom. The average Bonchev–Trinajstić information content (AvgIpc) is 2.42. The van der Waals surface area contributed by atoms with Crippen molar-refractivity contribution >= 4 is 23.0 Å². The lowest BCUT2D eigenvalue weighted by Crippen LogP contribution is -2.01. The average molecular weight is 276 g/mol. The number of nitro groups is 1. The van der Waals surface area contributed by atoms with Gasteiger partial charge in [-0.05, 0) is 36.4 Å². The summed E-state index contributed by atoms with van der Waals surface area (Å²) in [6.07, 6.45) is 4.54. The van der Waals surface area contributed by atoms with E-state index in [1.165, 1.54) is 6.20 Å². The lowest BCUT2D eigenvalue weighted by Gasteiger charge is -2.02. The van der Waals surface area contributed by atoms with Gasteiger partial charge in [-0.25, -0.2) is 0 Å². The third-order valence-corrected chi connectivity index (χ3v) is 2.63. The molecule has 2 rings (SSSR count). The Morgan fingerprint density at radius 2 is 2.05 bits per heavy atom. The van der Waals surface area contributed by atoms with Crippen LogP contribution in [-0.2, 0) is 0 Å². The van der Waals surface area contributed by atoms with Crippen molar-refractivity contribution < 1.29 is 4.92 Å². The number of aromatic nitrogens is 1. The summed E-state index contributed by atoms with van der Waals surface area (Å²) in [7, 11) is 0. The molecule has 6 heteroatoms. The van der Waals surface area contributed by atoms with Crippen molar-refractivity contribution in [3.05, 3.63) is 75.7 Å². The number of anilines is 1. The summed E-state index contributed by atoms with van der Waals surface area (Å²) in [6.45, 7) is 0. The molecule has 1 aromatic carbocycles. The molecule has 1 aromatic heterocycles. The summed E-state index contributed by atoms with van der Waals surface area (Å²) in [4.78, 5) is 14.5. The Bertz CT molecular complexity index is 597. The smallest absolute Gasteiger partial charge is 0.292 e. The molecule has 0 fully saturated rings.